The number of hydrogen-bond donors (Lipinski definition) is 2. The molecule has 2 amide bonds. The highest BCUT2D eigenvalue weighted by Crippen LogP contribution is 2.30. The number of nitrogens with two attached hydrogens (primary N) is 1. The Morgan fingerprint density at radius 1 is 1.03 bits per heavy atom. The molecule has 3 aromatic rings. The second-order valence-electron chi connectivity index (χ2n) is 10.8. The molecular weight excluding hydrogens is 531 g/mol. The lowest BCUT2D eigenvalue weighted by molar-refractivity contribution is -0.128. The average Bonchev–Trinajstić information content (AvgIpc) is 3.61. The van der Waals surface area contributed by atoms with Crippen molar-refractivity contribution in [3.63, 3.8) is 0 Å². The van der Waals surface area contributed by atoms with Crippen LogP contribution in [0.15, 0.2) is 53.9 Å². The molecule has 208 valence electrons. The Balaban J connectivity index is 1.37. The molecular formula is C30H37FN4O2S2. The van der Waals surface area contributed by atoms with Crippen LogP contribution in [0.2, 0.25) is 0 Å². The molecule has 1 aliphatic carbocycles. The first kappa shape index (κ1) is 28.0. The number of carbonyl (C=O) groups excluding carboxylic acids is 2. The highest BCUT2D eigenvalue weighted by molar-refractivity contribution is 7.11. The third kappa shape index (κ3) is 7.14. The van der Waals surface area contributed by atoms with E-state index in [1.807, 2.05) is 0 Å². The summed E-state index contributed by atoms with van der Waals surface area (Å²) in [6.07, 6.45) is 4.83. The molecule has 0 bridgehead atoms. The van der Waals surface area contributed by atoms with E-state index < -0.39 is 6.04 Å². The number of halogens is 1. The predicted molar refractivity (Wildman–Crippen MR) is 155 cm³/mol. The number of hydrogen-bond acceptors (Lipinski definition) is 6. The first-order valence-corrected chi connectivity index (χ1v) is 15.5. The van der Waals surface area contributed by atoms with E-state index in [2.05, 4.69) is 46.8 Å². The molecule has 3 N–H and O–H groups in total. The standard InChI is InChI=1S/C30H37FN4O2S2/c1-20-4-13-27(39-20)19-34(18-26-3-2-16-38-26)25-14-15-35(30(37)21-5-7-22(31)8-6-21)28(17-25)29(36)33-24-11-9-23(32)10-12-24/h2-8,13,16,23-25,28H,9-12,14-15,17-19,32H2,1H3,(H,33,36)/t23?,24?,25?,28-/m1/s1. The summed E-state index contributed by atoms with van der Waals surface area (Å²) >= 11 is 3.55. The van der Waals surface area contributed by atoms with Gasteiger partial charge in [0.25, 0.3) is 5.91 Å². The summed E-state index contributed by atoms with van der Waals surface area (Å²) in [5.74, 6) is -0.709. The fourth-order valence-electron chi connectivity index (χ4n) is 5.78. The Morgan fingerprint density at radius 2 is 1.77 bits per heavy atom. The van der Waals surface area contributed by atoms with Gasteiger partial charge in [0, 0.05) is 58.0 Å². The van der Waals surface area contributed by atoms with Gasteiger partial charge in [-0.25, -0.2) is 4.39 Å². The SMILES string of the molecule is Cc1ccc(CN(Cc2cccs2)C2CCN(C(=O)c3ccc(F)cc3)[C@@H](C(=O)NC3CCC(N)CC3)C2)s1. The monoisotopic (exact) mass is 568 g/mol. The molecule has 1 saturated heterocycles. The number of thiophene rings is 2. The van der Waals surface area contributed by atoms with Gasteiger partial charge in [0.1, 0.15) is 11.9 Å². The largest absolute Gasteiger partial charge is 0.352 e. The maximum absolute atomic E-state index is 13.8. The average molecular weight is 569 g/mol. The Labute approximate surface area is 238 Å². The van der Waals surface area contributed by atoms with E-state index in [1.165, 1.54) is 38.9 Å². The van der Waals surface area contributed by atoms with Gasteiger partial charge < -0.3 is 16.0 Å². The molecule has 39 heavy (non-hydrogen) atoms. The molecule has 2 aliphatic rings. The second kappa shape index (κ2) is 12.7. The minimum Gasteiger partial charge on any atom is -0.352 e. The van der Waals surface area contributed by atoms with Gasteiger partial charge >= 0.3 is 0 Å². The zero-order chi connectivity index (χ0) is 27.4. The third-order valence-corrected chi connectivity index (χ3v) is 9.80. The fraction of sp³-hybridized carbons (Fsp3) is 0.467. The number of piperidine rings is 1. The van der Waals surface area contributed by atoms with E-state index >= 15 is 0 Å². The van der Waals surface area contributed by atoms with Crippen LogP contribution in [-0.4, -0.2) is 52.3 Å². The molecule has 1 saturated carbocycles. The Morgan fingerprint density at radius 3 is 2.44 bits per heavy atom. The van der Waals surface area contributed by atoms with Crippen molar-refractivity contribution < 1.29 is 14.0 Å². The first-order chi connectivity index (χ1) is 18.9. The van der Waals surface area contributed by atoms with Gasteiger partial charge in [-0.3, -0.25) is 14.5 Å². The molecule has 1 aliphatic heterocycles. The Hall–Kier alpha value is -2.59. The van der Waals surface area contributed by atoms with Crippen molar-refractivity contribution in [1.82, 2.24) is 15.1 Å². The van der Waals surface area contributed by atoms with Crippen LogP contribution in [-0.2, 0) is 17.9 Å². The molecule has 2 atom stereocenters. The van der Waals surface area contributed by atoms with Crippen molar-refractivity contribution >= 4 is 34.5 Å². The number of aryl methyl sites for hydroxylation is 1. The van der Waals surface area contributed by atoms with Crippen LogP contribution >= 0.6 is 22.7 Å². The molecule has 9 heteroatoms. The van der Waals surface area contributed by atoms with Crippen molar-refractivity contribution in [2.75, 3.05) is 6.54 Å². The van der Waals surface area contributed by atoms with Crippen molar-refractivity contribution in [2.45, 2.75) is 82.7 Å². The van der Waals surface area contributed by atoms with Crippen molar-refractivity contribution in [2.24, 2.45) is 5.73 Å². The van der Waals surface area contributed by atoms with Crippen LogP contribution < -0.4 is 11.1 Å². The van der Waals surface area contributed by atoms with Gasteiger partial charge in [0.05, 0.1) is 0 Å². The summed E-state index contributed by atoms with van der Waals surface area (Å²) < 4.78 is 13.6. The van der Waals surface area contributed by atoms with E-state index in [-0.39, 0.29) is 35.8 Å². The van der Waals surface area contributed by atoms with E-state index in [1.54, 1.807) is 27.6 Å². The van der Waals surface area contributed by atoms with Crippen LogP contribution in [0.5, 0.6) is 0 Å². The maximum atomic E-state index is 13.8. The van der Waals surface area contributed by atoms with E-state index in [0.717, 1.165) is 45.2 Å². The Kier molecular flexibility index (Phi) is 9.12. The lowest BCUT2D eigenvalue weighted by Crippen LogP contribution is -2.58. The van der Waals surface area contributed by atoms with Crippen LogP contribution in [0.4, 0.5) is 4.39 Å². The molecule has 1 aromatic carbocycles. The van der Waals surface area contributed by atoms with Gasteiger partial charge in [-0.2, -0.15) is 0 Å². The van der Waals surface area contributed by atoms with E-state index in [0.29, 0.717) is 18.5 Å². The summed E-state index contributed by atoms with van der Waals surface area (Å²) in [6.45, 7) is 4.20. The van der Waals surface area contributed by atoms with Gasteiger partial charge in [-0.05, 0) is 93.3 Å². The number of likely N-dealkylation sites (tertiary alicyclic amines) is 1. The minimum atomic E-state index is -0.590. The lowest BCUT2D eigenvalue weighted by Gasteiger charge is -2.43. The fourth-order valence-corrected chi connectivity index (χ4v) is 7.42. The molecule has 5 rings (SSSR count). The number of nitrogens with zero attached hydrogens (tertiary/aromatic N) is 2. The van der Waals surface area contributed by atoms with Gasteiger partial charge in [-0.1, -0.05) is 6.07 Å². The maximum Gasteiger partial charge on any atom is 0.254 e. The van der Waals surface area contributed by atoms with Gasteiger partial charge in [-0.15, -0.1) is 22.7 Å². The van der Waals surface area contributed by atoms with Crippen molar-refractivity contribution in [3.8, 4) is 0 Å². The normalized spacial score (nSPS) is 23.6. The van der Waals surface area contributed by atoms with Crippen molar-refractivity contribution in [1.29, 1.82) is 0 Å². The number of nitrogens with one attached hydrogen (secondary N) is 1. The van der Waals surface area contributed by atoms with Crippen molar-refractivity contribution in [3.05, 3.63) is 79.9 Å². The summed E-state index contributed by atoms with van der Waals surface area (Å²) in [6, 6.07) is 14.0. The molecule has 2 fully saturated rings. The summed E-state index contributed by atoms with van der Waals surface area (Å²) in [5, 5.41) is 5.35. The molecule has 6 nitrogen and oxygen atoms in total. The number of carbonyl (C=O) groups is 2. The quantitative estimate of drug-likeness (QED) is 0.386. The van der Waals surface area contributed by atoms with Crippen LogP contribution in [0.25, 0.3) is 0 Å². The predicted octanol–water partition coefficient (Wildman–Crippen LogP) is 5.32. The Bertz CT molecular complexity index is 1240. The van der Waals surface area contributed by atoms with Crippen LogP contribution in [0, 0.1) is 12.7 Å². The van der Waals surface area contributed by atoms with Crippen LogP contribution in [0.3, 0.4) is 0 Å². The highest BCUT2D eigenvalue weighted by Gasteiger charge is 2.39. The van der Waals surface area contributed by atoms with E-state index in [4.69, 9.17) is 5.73 Å². The summed E-state index contributed by atoms with van der Waals surface area (Å²) in [5.41, 5.74) is 6.49. The van der Waals surface area contributed by atoms with Crippen LogP contribution in [0.1, 0.15) is 63.5 Å². The second-order valence-corrected chi connectivity index (χ2v) is 13.2. The van der Waals surface area contributed by atoms with E-state index in [9.17, 15) is 14.0 Å². The number of amides is 2. The minimum absolute atomic E-state index is 0.0803. The number of benzene rings is 1. The summed E-state index contributed by atoms with van der Waals surface area (Å²) in [7, 11) is 0. The summed E-state index contributed by atoms with van der Waals surface area (Å²) in [4.78, 5) is 35.4. The molecule has 0 radical (unpaired) electrons. The third-order valence-electron chi connectivity index (χ3n) is 7.96. The van der Waals surface area contributed by atoms with Gasteiger partial charge in [0.15, 0.2) is 0 Å². The topological polar surface area (TPSA) is 78.7 Å². The molecule has 0 spiro atoms. The molecule has 1 unspecified atom stereocenters. The highest BCUT2D eigenvalue weighted by atomic mass is 32.1. The molecule has 3 heterocycles. The molecule has 2 aromatic heterocycles. The van der Waals surface area contributed by atoms with Gasteiger partial charge in [0.2, 0.25) is 5.91 Å². The first-order valence-electron chi connectivity index (χ1n) is 13.8. The zero-order valence-electron chi connectivity index (χ0n) is 22.4. The lowest BCUT2D eigenvalue weighted by atomic mass is 9.90. The number of rotatable bonds is 8. The smallest absolute Gasteiger partial charge is 0.254 e. The zero-order valence-corrected chi connectivity index (χ0v) is 24.0.